The lowest BCUT2D eigenvalue weighted by Crippen LogP contribution is -2.43. The largest absolute Gasteiger partial charge is 0.469 e. The number of ether oxygens (including phenoxy) is 2. The van der Waals surface area contributed by atoms with Gasteiger partial charge in [0, 0.05) is 5.41 Å². The van der Waals surface area contributed by atoms with E-state index < -0.39 is 0 Å². The van der Waals surface area contributed by atoms with E-state index in [1.807, 2.05) is 6.92 Å². The molecule has 0 amide bonds. The highest BCUT2D eigenvalue weighted by Gasteiger charge is 2.38. The molecule has 0 aliphatic carbocycles. The van der Waals surface area contributed by atoms with Crippen LogP contribution in [0.5, 0.6) is 0 Å². The summed E-state index contributed by atoms with van der Waals surface area (Å²) in [5.74, 6) is 0.991. The summed E-state index contributed by atoms with van der Waals surface area (Å²) in [5.41, 5.74) is -0.140. The minimum Gasteiger partial charge on any atom is -0.469 e. The Morgan fingerprint density at radius 1 is 1.38 bits per heavy atom. The van der Waals surface area contributed by atoms with Crippen molar-refractivity contribution in [2.24, 2.45) is 5.41 Å². The van der Waals surface area contributed by atoms with Crippen LogP contribution >= 0.6 is 0 Å². The van der Waals surface area contributed by atoms with Crippen molar-refractivity contribution in [2.45, 2.75) is 72.7 Å². The Hall–Kier alpha value is -0.500. The highest BCUT2D eigenvalue weighted by Crippen LogP contribution is 2.36. The molecule has 0 N–H and O–H groups in total. The minimum absolute atomic E-state index is 0.0169. The van der Waals surface area contributed by atoms with Crippen molar-refractivity contribution in [3.8, 4) is 0 Å². The van der Waals surface area contributed by atoms with Crippen LogP contribution in [0.3, 0.4) is 0 Å². The number of allylic oxidation sites excluding steroid dienone is 1. The third-order valence-electron chi connectivity index (χ3n) is 2.91. The van der Waals surface area contributed by atoms with Crippen LogP contribution in [-0.2, 0) is 9.47 Å². The maximum absolute atomic E-state index is 6.11. The zero-order valence-electron chi connectivity index (χ0n) is 11.6. The van der Waals surface area contributed by atoms with Gasteiger partial charge in [-0.1, -0.05) is 40.5 Å². The van der Waals surface area contributed by atoms with Gasteiger partial charge in [-0.05, 0) is 26.3 Å². The molecule has 94 valence electrons. The Morgan fingerprint density at radius 2 is 2.00 bits per heavy atom. The molecule has 1 aliphatic rings. The van der Waals surface area contributed by atoms with Crippen molar-refractivity contribution in [1.29, 1.82) is 0 Å². The molecule has 0 saturated carbocycles. The van der Waals surface area contributed by atoms with Gasteiger partial charge in [-0.2, -0.15) is 0 Å². The smallest absolute Gasteiger partial charge is 0.205 e. The molecular weight excluding hydrogens is 200 g/mol. The molecule has 2 heteroatoms. The first-order valence-electron chi connectivity index (χ1n) is 6.31. The molecule has 0 fully saturated rings. The zero-order valence-corrected chi connectivity index (χ0v) is 11.6. The van der Waals surface area contributed by atoms with Crippen molar-refractivity contribution in [3.63, 3.8) is 0 Å². The first-order chi connectivity index (χ1) is 7.27. The quantitative estimate of drug-likeness (QED) is 0.716. The Morgan fingerprint density at radius 3 is 2.50 bits per heavy atom. The highest BCUT2D eigenvalue weighted by molar-refractivity contribution is 5.07. The summed E-state index contributed by atoms with van der Waals surface area (Å²) in [4.78, 5) is 0. The van der Waals surface area contributed by atoms with Crippen LogP contribution < -0.4 is 0 Å². The van der Waals surface area contributed by atoms with Gasteiger partial charge in [0.15, 0.2) is 0 Å². The topological polar surface area (TPSA) is 18.5 Å². The van der Waals surface area contributed by atoms with Gasteiger partial charge >= 0.3 is 0 Å². The minimum atomic E-state index is -0.156. The molecule has 0 spiro atoms. The van der Waals surface area contributed by atoms with Gasteiger partial charge in [0.05, 0.1) is 11.4 Å². The van der Waals surface area contributed by atoms with Gasteiger partial charge in [-0.3, -0.25) is 0 Å². The molecule has 1 rings (SSSR count). The van der Waals surface area contributed by atoms with Crippen LogP contribution in [0, 0.1) is 5.41 Å². The van der Waals surface area contributed by atoms with Crippen molar-refractivity contribution in [2.75, 3.05) is 0 Å². The monoisotopic (exact) mass is 226 g/mol. The van der Waals surface area contributed by atoms with Gasteiger partial charge in [-0.15, -0.1) is 0 Å². The summed E-state index contributed by atoms with van der Waals surface area (Å²) in [6, 6.07) is 0. The van der Waals surface area contributed by atoms with Crippen LogP contribution in [0.2, 0.25) is 0 Å². The molecule has 16 heavy (non-hydrogen) atoms. The predicted molar refractivity (Wildman–Crippen MR) is 67.1 cm³/mol. The molecule has 0 aromatic rings. The second-order valence-corrected chi connectivity index (χ2v) is 6.10. The third-order valence-corrected chi connectivity index (χ3v) is 2.91. The molecule has 0 unspecified atom stereocenters. The van der Waals surface area contributed by atoms with E-state index in [0.717, 1.165) is 12.2 Å². The van der Waals surface area contributed by atoms with Crippen LogP contribution in [0.1, 0.15) is 60.8 Å². The lowest BCUT2D eigenvalue weighted by atomic mass is 9.92. The van der Waals surface area contributed by atoms with Crippen LogP contribution in [0.15, 0.2) is 11.8 Å². The van der Waals surface area contributed by atoms with E-state index >= 15 is 0 Å². The molecule has 1 aliphatic heterocycles. The lowest BCUT2D eigenvalue weighted by Gasteiger charge is -2.42. The maximum atomic E-state index is 6.11. The molecule has 2 atom stereocenters. The fourth-order valence-corrected chi connectivity index (χ4v) is 1.95. The Kier molecular flexibility index (Phi) is 4.06. The van der Waals surface area contributed by atoms with Crippen molar-refractivity contribution >= 4 is 0 Å². The van der Waals surface area contributed by atoms with E-state index in [9.17, 15) is 0 Å². The van der Waals surface area contributed by atoms with E-state index in [1.54, 1.807) is 0 Å². The summed E-state index contributed by atoms with van der Waals surface area (Å²) in [6.07, 6.45) is 5.44. The Labute approximate surface area is 100 Å². The summed E-state index contributed by atoms with van der Waals surface area (Å²) in [7, 11) is 0. The molecule has 0 bridgehead atoms. The average molecular weight is 226 g/mol. The number of hydrogen-bond acceptors (Lipinski definition) is 2. The number of unbranched alkanes of at least 4 members (excludes halogenated alkanes) is 1. The van der Waals surface area contributed by atoms with E-state index in [0.29, 0.717) is 0 Å². The SMILES string of the molecule is CCCC[C@]1(C)C=C(C)O[C@@H](C(C)(C)C)O1. The Balaban J connectivity index is 2.77. The number of rotatable bonds is 3. The standard InChI is InChI=1S/C14H26O2/c1-7-8-9-14(6)10-11(2)15-12(16-14)13(3,4)5/h10,12H,7-9H2,1-6H3/t12-,14-/m1/s1. The van der Waals surface area contributed by atoms with E-state index in [2.05, 4.69) is 40.7 Å². The summed E-state index contributed by atoms with van der Waals surface area (Å²) in [6.45, 7) is 12.8. The second-order valence-electron chi connectivity index (χ2n) is 6.10. The van der Waals surface area contributed by atoms with E-state index in [1.165, 1.54) is 12.8 Å². The second kappa shape index (κ2) is 4.79. The molecule has 2 nitrogen and oxygen atoms in total. The molecule has 0 aromatic heterocycles. The van der Waals surface area contributed by atoms with Crippen molar-refractivity contribution < 1.29 is 9.47 Å². The lowest BCUT2D eigenvalue weighted by molar-refractivity contribution is -0.234. The van der Waals surface area contributed by atoms with E-state index in [-0.39, 0.29) is 17.3 Å². The fourth-order valence-electron chi connectivity index (χ4n) is 1.95. The van der Waals surface area contributed by atoms with Gasteiger partial charge in [0.1, 0.15) is 0 Å². The molecule has 0 radical (unpaired) electrons. The van der Waals surface area contributed by atoms with E-state index in [4.69, 9.17) is 9.47 Å². The molecule has 0 saturated heterocycles. The van der Waals surface area contributed by atoms with Crippen LogP contribution in [-0.4, -0.2) is 11.9 Å². The van der Waals surface area contributed by atoms with Gasteiger partial charge in [0.2, 0.25) is 6.29 Å². The average Bonchev–Trinajstić information content (AvgIpc) is 2.12. The first-order valence-corrected chi connectivity index (χ1v) is 6.31. The molecular formula is C14H26O2. The summed E-state index contributed by atoms with van der Waals surface area (Å²) < 4.78 is 11.9. The molecule has 1 heterocycles. The fraction of sp³-hybridized carbons (Fsp3) is 0.857. The van der Waals surface area contributed by atoms with Crippen molar-refractivity contribution in [3.05, 3.63) is 11.8 Å². The third kappa shape index (κ3) is 3.51. The normalized spacial score (nSPS) is 30.9. The Bertz CT molecular complexity index is 262. The van der Waals surface area contributed by atoms with Crippen LogP contribution in [0.25, 0.3) is 0 Å². The predicted octanol–water partition coefficient (Wildman–Crippen LogP) is 4.26. The van der Waals surface area contributed by atoms with Crippen LogP contribution in [0.4, 0.5) is 0 Å². The maximum Gasteiger partial charge on any atom is 0.205 e. The molecule has 0 aromatic carbocycles. The summed E-state index contributed by atoms with van der Waals surface area (Å²) >= 11 is 0. The van der Waals surface area contributed by atoms with Gasteiger partial charge < -0.3 is 9.47 Å². The first kappa shape index (κ1) is 13.6. The van der Waals surface area contributed by atoms with Gasteiger partial charge in [0.25, 0.3) is 0 Å². The van der Waals surface area contributed by atoms with Gasteiger partial charge in [-0.25, -0.2) is 0 Å². The van der Waals surface area contributed by atoms with Crippen molar-refractivity contribution in [1.82, 2.24) is 0 Å². The summed E-state index contributed by atoms with van der Waals surface area (Å²) in [5, 5.41) is 0. The zero-order chi connectivity index (χ0) is 12.4. The highest BCUT2D eigenvalue weighted by atomic mass is 16.7. The number of hydrogen-bond donors (Lipinski definition) is 0.